The molecule has 2 amide bonds. The molecule has 1 aliphatic heterocycles. The van der Waals surface area contributed by atoms with Crippen LogP contribution in [-0.2, 0) is 9.59 Å². The fraction of sp³-hybridized carbons (Fsp3) is 0.250. The average Bonchev–Trinajstić information content (AvgIpc) is 2.40. The smallest absolute Gasteiger partial charge is 0.250 e. The highest BCUT2D eigenvalue weighted by atomic mass is 16.3. The van der Waals surface area contributed by atoms with E-state index in [9.17, 15) is 9.59 Å². The number of hydrogen-bond donors (Lipinski definition) is 3. The highest BCUT2D eigenvalue weighted by Crippen LogP contribution is 2.14. The third kappa shape index (κ3) is 2.92. The normalized spacial score (nSPS) is 14.7. The van der Waals surface area contributed by atoms with Crippen LogP contribution in [0.4, 0.5) is 5.69 Å². The maximum absolute atomic E-state index is 11.0. The van der Waals surface area contributed by atoms with Crippen molar-refractivity contribution in [1.82, 2.24) is 5.43 Å². The molecular weight excluding hydrogens is 234 g/mol. The summed E-state index contributed by atoms with van der Waals surface area (Å²) in [5, 5.41) is 15.1. The second-order valence-corrected chi connectivity index (χ2v) is 3.88. The minimum Gasteiger partial charge on any atom is -0.387 e. The number of nitrogens with one attached hydrogen (secondary N) is 2. The number of hydrazone groups is 1. The first-order chi connectivity index (χ1) is 8.69. The summed E-state index contributed by atoms with van der Waals surface area (Å²) < 4.78 is 0. The van der Waals surface area contributed by atoms with Crippen LogP contribution in [-0.4, -0.2) is 29.2 Å². The Balaban J connectivity index is 2.08. The second-order valence-electron chi connectivity index (χ2n) is 3.88. The maximum atomic E-state index is 11.0. The molecule has 0 fully saturated rings. The Hall–Kier alpha value is -2.21. The zero-order chi connectivity index (χ0) is 13.0. The number of amides is 2. The molecule has 1 heterocycles. The van der Waals surface area contributed by atoms with E-state index in [0.29, 0.717) is 18.5 Å². The van der Waals surface area contributed by atoms with Crippen LogP contribution in [0.1, 0.15) is 18.4 Å². The summed E-state index contributed by atoms with van der Waals surface area (Å²) >= 11 is 0. The van der Waals surface area contributed by atoms with Crippen molar-refractivity contribution in [3.05, 3.63) is 29.8 Å². The maximum Gasteiger partial charge on any atom is 0.250 e. The van der Waals surface area contributed by atoms with Gasteiger partial charge in [0, 0.05) is 18.5 Å². The lowest BCUT2D eigenvalue weighted by molar-refractivity contribution is -0.121. The summed E-state index contributed by atoms with van der Waals surface area (Å²) in [5.41, 5.74) is 4.76. The summed E-state index contributed by atoms with van der Waals surface area (Å²) in [6, 6.07) is 7.07. The van der Waals surface area contributed by atoms with Crippen molar-refractivity contribution in [3.8, 4) is 0 Å². The molecule has 94 valence electrons. The molecule has 0 bridgehead atoms. The third-order valence-electron chi connectivity index (χ3n) is 2.55. The minimum atomic E-state index is -0.541. The first kappa shape index (κ1) is 12.3. The number of carbonyl (C=O) groups excluding carboxylic acids is 2. The van der Waals surface area contributed by atoms with Gasteiger partial charge in [0.15, 0.2) is 0 Å². The van der Waals surface area contributed by atoms with Gasteiger partial charge in [-0.05, 0) is 17.7 Å². The van der Waals surface area contributed by atoms with E-state index < -0.39 is 12.5 Å². The van der Waals surface area contributed by atoms with E-state index in [1.807, 2.05) is 12.1 Å². The molecule has 18 heavy (non-hydrogen) atoms. The molecule has 0 saturated carbocycles. The average molecular weight is 247 g/mol. The number of benzene rings is 1. The number of rotatable bonds is 3. The number of hydrogen-bond acceptors (Lipinski definition) is 4. The second kappa shape index (κ2) is 5.42. The minimum absolute atomic E-state index is 0.0782. The lowest BCUT2D eigenvalue weighted by Gasteiger charge is -2.12. The van der Waals surface area contributed by atoms with Gasteiger partial charge in [0.1, 0.15) is 6.61 Å². The Bertz CT molecular complexity index is 494. The molecule has 1 aliphatic rings. The standard InChI is InChI=1S/C12H13N3O3/c16-7-12(18)13-9-3-1-8(2-4-9)10-5-6-11(17)15-14-10/h1-4,16H,5-7H2,(H,13,18)(H,15,17). The van der Waals surface area contributed by atoms with Crippen LogP contribution in [0.2, 0.25) is 0 Å². The molecule has 0 saturated heterocycles. The van der Waals surface area contributed by atoms with E-state index in [1.165, 1.54) is 0 Å². The summed E-state index contributed by atoms with van der Waals surface area (Å²) in [6.07, 6.45) is 1.04. The Morgan fingerprint density at radius 2 is 2.06 bits per heavy atom. The Labute approximate surface area is 104 Å². The number of anilines is 1. The Morgan fingerprint density at radius 1 is 1.33 bits per heavy atom. The van der Waals surface area contributed by atoms with E-state index in [0.717, 1.165) is 11.3 Å². The molecule has 0 aliphatic carbocycles. The topological polar surface area (TPSA) is 90.8 Å². The molecule has 3 N–H and O–H groups in total. The van der Waals surface area contributed by atoms with Gasteiger partial charge in [-0.2, -0.15) is 5.10 Å². The SMILES string of the molecule is O=C1CCC(c2ccc(NC(=O)CO)cc2)=NN1. The number of nitrogens with zero attached hydrogens (tertiary/aromatic N) is 1. The monoisotopic (exact) mass is 247 g/mol. The molecule has 6 heteroatoms. The van der Waals surface area contributed by atoms with Gasteiger partial charge in [0.2, 0.25) is 11.8 Å². The van der Waals surface area contributed by atoms with Crippen molar-refractivity contribution in [1.29, 1.82) is 0 Å². The van der Waals surface area contributed by atoms with Gasteiger partial charge < -0.3 is 10.4 Å². The summed E-state index contributed by atoms with van der Waals surface area (Å²) in [5.74, 6) is -0.532. The molecule has 6 nitrogen and oxygen atoms in total. The van der Waals surface area contributed by atoms with E-state index in [-0.39, 0.29) is 5.91 Å². The predicted molar refractivity (Wildman–Crippen MR) is 66.1 cm³/mol. The fourth-order valence-corrected chi connectivity index (χ4v) is 1.63. The fourth-order valence-electron chi connectivity index (χ4n) is 1.63. The van der Waals surface area contributed by atoms with Crippen LogP contribution in [0.5, 0.6) is 0 Å². The van der Waals surface area contributed by atoms with E-state index in [2.05, 4.69) is 15.8 Å². The lowest BCUT2D eigenvalue weighted by atomic mass is 10.0. The molecule has 0 aromatic heterocycles. The highest BCUT2D eigenvalue weighted by Gasteiger charge is 2.13. The predicted octanol–water partition coefficient (Wildman–Crippen LogP) is 0.231. The molecular formula is C12H13N3O3. The molecule has 0 radical (unpaired) electrons. The third-order valence-corrected chi connectivity index (χ3v) is 2.55. The van der Waals surface area contributed by atoms with Gasteiger partial charge in [-0.1, -0.05) is 12.1 Å². The largest absolute Gasteiger partial charge is 0.387 e. The molecule has 1 aromatic carbocycles. The Kier molecular flexibility index (Phi) is 3.69. The van der Waals surface area contributed by atoms with Gasteiger partial charge >= 0.3 is 0 Å². The van der Waals surface area contributed by atoms with E-state index in [4.69, 9.17) is 5.11 Å². The van der Waals surface area contributed by atoms with Gasteiger partial charge in [-0.15, -0.1) is 0 Å². The van der Waals surface area contributed by atoms with E-state index in [1.54, 1.807) is 12.1 Å². The molecule has 0 unspecified atom stereocenters. The lowest BCUT2D eigenvalue weighted by Crippen LogP contribution is -2.25. The van der Waals surface area contributed by atoms with Crippen molar-refractivity contribution in [2.24, 2.45) is 5.10 Å². The number of carbonyl (C=O) groups is 2. The van der Waals surface area contributed by atoms with Gasteiger partial charge in [0.25, 0.3) is 0 Å². The first-order valence-corrected chi connectivity index (χ1v) is 5.55. The van der Waals surface area contributed by atoms with Crippen LogP contribution in [0.3, 0.4) is 0 Å². The number of aliphatic hydroxyl groups is 1. The van der Waals surface area contributed by atoms with Gasteiger partial charge in [0.05, 0.1) is 5.71 Å². The molecule has 1 aromatic rings. The highest BCUT2D eigenvalue weighted by molar-refractivity contribution is 6.04. The summed E-state index contributed by atoms with van der Waals surface area (Å²) in [6.45, 7) is -0.541. The Morgan fingerprint density at radius 3 is 2.61 bits per heavy atom. The van der Waals surface area contributed by atoms with Crippen molar-refractivity contribution in [3.63, 3.8) is 0 Å². The first-order valence-electron chi connectivity index (χ1n) is 5.55. The molecule has 0 atom stereocenters. The van der Waals surface area contributed by atoms with E-state index >= 15 is 0 Å². The van der Waals surface area contributed by atoms with Gasteiger partial charge in [-0.25, -0.2) is 5.43 Å². The van der Waals surface area contributed by atoms with Crippen molar-refractivity contribution < 1.29 is 14.7 Å². The van der Waals surface area contributed by atoms with Crippen LogP contribution in [0.25, 0.3) is 0 Å². The molecule has 2 rings (SSSR count). The summed E-state index contributed by atoms with van der Waals surface area (Å²) in [7, 11) is 0. The zero-order valence-electron chi connectivity index (χ0n) is 9.64. The van der Waals surface area contributed by atoms with Crippen LogP contribution >= 0.6 is 0 Å². The van der Waals surface area contributed by atoms with Crippen molar-refractivity contribution in [2.75, 3.05) is 11.9 Å². The van der Waals surface area contributed by atoms with Gasteiger partial charge in [-0.3, -0.25) is 9.59 Å². The number of aliphatic hydroxyl groups excluding tert-OH is 1. The van der Waals surface area contributed by atoms with Crippen LogP contribution in [0.15, 0.2) is 29.4 Å². The van der Waals surface area contributed by atoms with Crippen molar-refractivity contribution in [2.45, 2.75) is 12.8 Å². The van der Waals surface area contributed by atoms with Crippen LogP contribution < -0.4 is 10.7 Å². The molecule has 0 spiro atoms. The van der Waals surface area contributed by atoms with Crippen LogP contribution in [0, 0.1) is 0 Å². The zero-order valence-corrected chi connectivity index (χ0v) is 9.64. The quantitative estimate of drug-likeness (QED) is 0.714. The summed E-state index contributed by atoms with van der Waals surface area (Å²) in [4.78, 5) is 21.9. The van der Waals surface area contributed by atoms with Crippen molar-refractivity contribution >= 4 is 23.2 Å².